The van der Waals surface area contributed by atoms with E-state index in [-0.39, 0.29) is 0 Å². The number of halogens is 1. The smallest absolute Gasteiger partial charge is 0.0991 e. The Kier molecular flexibility index (Phi) is 3.86. The van der Waals surface area contributed by atoms with Crippen LogP contribution in [0, 0.1) is 18.3 Å². The van der Waals surface area contributed by atoms with E-state index in [4.69, 9.17) is 16.9 Å². The van der Waals surface area contributed by atoms with Crippen molar-refractivity contribution in [2.24, 2.45) is 0 Å². The van der Waals surface area contributed by atoms with E-state index in [1.165, 1.54) is 5.56 Å². The molecule has 0 spiro atoms. The van der Waals surface area contributed by atoms with E-state index in [1.54, 1.807) is 0 Å². The quantitative estimate of drug-likeness (QED) is 0.896. The van der Waals surface area contributed by atoms with Gasteiger partial charge >= 0.3 is 0 Å². The van der Waals surface area contributed by atoms with Gasteiger partial charge in [-0.1, -0.05) is 23.7 Å². The summed E-state index contributed by atoms with van der Waals surface area (Å²) in [5, 5.41) is 12.8. The summed E-state index contributed by atoms with van der Waals surface area (Å²) < 4.78 is 0. The molecule has 2 rings (SSSR count). The standard InChI is InChI=1S/C15H13ClN2/c1-11-7-12(9-17)5-6-13(11)10-18-15-4-2-3-14(16)8-15/h2-8,18H,10H2,1H3. The first-order chi connectivity index (χ1) is 8.69. The number of hydrogen-bond donors (Lipinski definition) is 1. The second kappa shape index (κ2) is 5.57. The van der Waals surface area contributed by atoms with E-state index in [1.807, 2.05) is 49.4 Å². The molecule has 0 fully saturated rings. The minimum absolute atomic E-state index is 0.694. The minimum Gasteiger partial charge on any atom is -0.381 e. The molecule has 0 unspecified atom stereocenters. The van der Waals surface area contributed by atoms with Gasteiger partial charge in [0.05, 0.1) is 11.6 Å². The normalized spacial score (nSPS) is 9.83. The summed E-state index contributed by atoms with van der Waals surface area (Å²) in [5.74, 6) is 0. The molecular weight excluding hydrogens is 244 g/mol. The molecule has 90 valence electrons. The van der Waals surface area contributed by atoms with Crippen molar-refractivity contribution in [1.29, 1.82) is 5.26 Å². The molecule has 1 N–H and O–H groups in total. The van der Waals surface area contributed by atoms with Crippen molar-refractivity contribution in [3.05, 3.63) is 64.2 Å². The van der Waals surface area contributed by atoms with Crippen LogP contribution in [0.3, 0.4) is 0 Å². The monoisotopic (exact) mass is 256 g/mol. The first-order valence-corrected chi connectivity index (χ1v) is 6.06. The van der Waals surface area contributed by atoms with Gasteiger partial charge in [-0.15, -0.1) is 0 Å². The molecule has 2 aromatic rings. The highest BCUT2D eigenvalue weighted by Gasteiger charge is 2.00. The molecule has 0 aliphatic carbocycles. The van der Waals surface area contributed by atoms with Crippen LogP contribution in [-0.2, 0) is 6.54 Å². The third-order valence-corrected chi connectivity index (χ3v) is 3.01. The number of hydrogen-bond acceptors (Lipinski definition) is 2. The van der Waals surface area contributed by atoms with Crippen LogP contribution in [0.4, 0.5) is 5.69 Å². The molecule has 18 heavy (non-hydrogen) atoms. The Morgan fingerprint density at radius 1 is 1.22 bits per heavy atom. The lowest BCUT2D eigenvalue weighted by Gasteiger charge is -2.09. The number of benzene rings is 2. The van der Waals surface area contributed by atoms with Crippen molar-refractivity contribution in [2.75, 3.05) is 5.32 Å². The second-order valence-electron chi connectivity index (χ2n) is 4.12. The summed E-state index contributed by atoms with van der Waals surface area (Å²) in [5.41, 5.74) is 3.97. The lowest BCUT2D eigenvalue weighted by atomic mass is 10.1. The van der Waals surface area contributed by atoms with Crippen molar-refractivity contribution in [1.82, 2.24) is 0 Å². The van der Waals surface area contributed by atoms with Crippen molar-refractivity contribution >= 4 is 17.3 Å². The van der Waals surface area contributed by atoms with E-state index < -0.39 is 0 Å². The maximum absolute atomic E-state index is 8.81. The Morgan fingerprint density at radius 3 is 2.72 bits per heavy atom. The highest BCUT2D eigenvalue weighted by molar-refractivity contribution is 6.30. The lowest BCUT2D eigenvalue weighted by molar-refractivity contribution is 1.12. The topological polar surface area (TPSA) is 35.8 Å². The maximum atomic E-state index is 8.81. The molecule has 0 amide bonds. The number of anilines is 1. The molecule has 0 saturated carbocycles. The van der Waals surface area contributed by atoms with Crippen molar-refractivity contribution < 1.29 is 0 Å². The van der Waals surface area contributed by atoms with Crippen molar-refractivity contribution in [3.8, 4) is 6.07 Å². The van der Waals surface area contributed by atoms with Gasteiger partial charge in [-0.25, -0.2) is 0 Å². The molecule has 0 aliphatic heterocycles. The van der Waals surface area contributed by atoms with Crippen LogP contribution in [0.15, 0.2) is 42.5 Å². The molecule has 0 heterocycles. The van der Waals surface area contributed by atoms with Gasteiger partial charge in [-0.2, -0.15) is 5.26 Å². The SMILES string of the molecule is Cc1cc(C#N)ccc1CNc1cccc(Cl)c1. The van der Waals surface area contributed by atoms with Crippen LogP contribution >= 0.6 is 11.6 Å². The summed E-state index contributed by atoms with van der Waals surface area (Å²) in [7, 11) is 0. The molecule has 0 bridgehead atoms. The van der Waals surface area contributed by atoms with Gasteiger partial charge in [-0.3, -0.25) is 0 Å². The van der Waals surface area contributed by atoms with E-state index in [0.29, 0.717) is 5.56 Å². The average Bonchev–Trinajstić information content (AvgIpc) is 2.37. The maximum Gasteiger partial charge on any atom is 0.0991 e. The predicted octanol–water partition coefficient (Wildman–Crippen LogP) is 4.13. The van der Waals surface area contributed by atoms with Crippen LogP contribution in [-0.4, -0.2) is 0 Å². The van der Waals surface area contributed by atoms with Crippen LogP contribution in [0.2, 0.25) is 5.02 Å². The summed E-state index contributed by atoms with van der Waals surface area (Å²) in [6.45, 7) is 2.73. The second-order valence-corrected chi connectivity index (χ2v) is 4.55. The van der Waals surface area contributed by atoms with Crippen LogP contribution in [0.5, 0.6) is 0 Å². The van der Waals surface area contributed by atoms with Crippen LogP contribution in [0.25, 0.3) is 0 Å². The number of aryl methyl sites for hydroxylation is 1. The van der Waals surface area contributed by atoms with E-state index in [9.17, 15) is 0 Å². The highest BCUT2D eigenvalue weighted by atomic mass is 35.5. The first-order valence-electron chi connectivity index (χ1n) is 5.68. The Morgan fingerprint density at radius 2 is 2.06 bits per heavy atom. The number of nitriles is 1. The Hall–Kier alpha value is -1.98. The van der Waals surface area contributed by atoms with Gasteiger partial charge in [0.15, 0.2) is 0 Å². The molecule has 0 aromatic heterocycles. The first kappa shape index (κ1) is 12.5. The van der Waals surface area contributed by atoms with Gasteiger partial charge in [0.2, 0.25) is 0 Å². The third kappa shape index (κ3) is 3.03. The lowest BCUT2D eigenvalue weighted by Crippen LogP contribution is -2.01. The van der Waals surface area contributed by atoms with Gasteiger partial charge in [-0.05, 0) is 48.4 Å². The fourth-order valence-corrected chi connectivity index (χ4v) is 1.95. The molecule has 0 atom stereocenters. The van der Waals surface area contributed by atoms with Gasteiger partial charge in [0.1, 0.15) is 0 Å². The van der Waals surface area contributed by atoms with Gasteiger partial charge in [0, 0.05) is 17.3 Å². The Balaban J connectivity index is 2.09. The zero-order chi connectivity index (χ0) is 13.0. The molecule has 2 nitrogen and oxygen atoms in total. The summed E-state index contributed by atoms with van der Waals surface area (Å²) in [4.78, 5) is 0. The Bertz CT molecular complexity index is 600. The summed E-state index contributed by atoms with van der Waals surface area (Å²) in [6.07, 6.45) is 0. The van der Waals surface area contributed by atoms with Gasteiger partial charge < -0.3 is 5.32 Å². The minimum atomic E-state index is 0.694. The number of nitrogens with one attached hydrogen (secondary N) is 1. The average molecular weight is 257 g/mol. The van der Waals surface area contributed by atoms with Crippen LogP contribution in [0.1, 0.15) is 16.7 Å². The summed E-state index contributed by atoms with van der Waals surface area (Å²) >= 11 is 5.92. The molecular formula is C15H13ClN2. The van der Waals surface area contributed by atoms with E-state index in [0.717, 1.165) is 22.8 Å². The van der Waals surface area contributed by atoms with Gasteiger partial charge in [0.25, 0.3) is 0 Å². The molecule has 3 heteroatoms. The molecule has 0 radical (unpaired) electrons. The highest BCUT2D eigenvalue weighted by Crippen LogP contribution is 2.17. The molecule has 0 saturated heterocycles. The van der Waals surface area contributed by atoms with Crippen LogP contribution < -0.4 is 5.32 Å². The van der Waals surface area contributed by atoms with Crippen molar-refractivity contribution in [3.63, 3.8) is 0 Å². The zero-order valence-electron chi connectivity index (χ0n) is 10.1. The fourth-order valence-electron chi connectivity index (χ4n) is 1.76. The summed E-state index contributed by atoms with van der Waals surface area (Å²) in [6, 6.07) is 15.5. The zero-order valence-corrected chi connectivity index (χ0v) is 10.8. The third-order valence-electron chi connectivity index (χ3n) is 2.78. The number of rotatable bonds is 3. The molecule has 0 aliphatic rings. The fraction of sp³-hybridized carbons (Fsp3) is 0.133. The Labute approximate surface area is 112 Å². The largest absolute Gasteiger partial charge is 0.381 e. The predicted molar refractivity (Wildman–Crippen MR) is 74.7 cm³/mol. The van der Waals surface area contributed by atoms with E-state index in [2.05, 4.69) is 11.4 Å². The van der Waals surface area contributed by atoms with Crippen molar-refractivity contribution in [2.45, 2.75) is 13.5 Å². The molecule has 2 aromatic carbocycles. The number of nitrogens with zero attached hydrogens (tertiary/aromatic N) is 1. The van der Waals surface area contributed by atoms with E-state index >= 15 is 0 Å².